The van der Waals surface area contributed by atoms with Gasteiger partial charge in [-0.1, -0.05) is 25.5 Å². The van der Waals surface area contributed by atoms with Crippen molar-refractivity contribution in [1.82, 2.24) is 0 Å². The molecule has 1 aliphatic rings. The molecule has 57 valence electrons. The molecule has 0 heteroatoms. The van der Waals surface area contributed by atoms with E-state index in [1.54, 1.807) is 5.57 Å². The molecule has 1 atom stereocenters. The van der Waals surface area contributed by atoms with E-state index in [4.69, 9.17) is 0 Å². The van der Waals surface area contributed by atoms with Gasteiger partial charge in [-0.2, -0.15) is 0 Å². The number of allylic oxidation sites excluding steroid dienone is 2. The fraction of sp³-hybridized carbons (Fsp3) is 0.700. The summed E-state index contributed by atoms with van der Waals surface area (Å²) in [4.78, 5) is 0. The van der Waals surface area contributed by atoms with Gasteiger partial charge in [0.25, 0.3) is 0 Å². The van der Waals surface area contributed by atoms with Gasteiger partial charge in [0, 0.05) is 0 Å². The molecule has 0 N–H and O–H groups in total. The van der Waals surface area contributed by atoms with Gasteiger partial charge in [-0.25, -0.2) is 0 Å². The van der Waals surface area contributed by atoms with E-state index < -0.39 is 0 Å². The molecule has 0 aliphatic heterocycles. The molecule has 0 spiro atoms. The Kier molecular flexibility index (Phi) is 2.98. The Morgan fingerprint density at radius 2 is 2.50 bits per heavy atom. The quantitative estimate of drug-likeness (QED) is 0.512. The summed E-state index contributed by atoms with van der Waals surface area (Å²) in [6.07, 6.45) is 8.74. The molecule has 1 rings (SSSR count). The smallest absolute Gasteiger partial charge is 0.0318 e. The number of hydrogen-bond acceptors (Lipinski definition) is 0. The van der Waals surface area contributed by atoms with Crippen LogP contribution in [0.3, 0.4) is 0 Å². The van der Waals surface area contributed by atoms with Gasteiger partial charge < -0.3 is 0 Å². The molecule has 0 amide bonds. The third kappa shape index (κ3) is 2.17. The zero-order chi connectivity index (χ0) is 7.40. The molecule has 0 saturated heterocycles. The molecular formula is C10H17. The second kappa shape index (κ2) is 3.80. The molecule has 0 aromatic rings. The summed E-state index contributed by atoms with van der Waals surface area (Å²) in [6, 6.07) is 0. The molecule has 0 bridgehead atoms. The van der Waals surface area contributed by atoms with Gasteiger partial charge in [0.2, 0.25) is 0 Å². The molecule has 0 nitrogen and oxygen atoms in total. The van der Waals surface area contributed by atoms with E-state index in [0.717, 1.165) is 12.3 Å². The molecule has 10 heavy (non-hydrogen) atoms. The van der Waals surface area contributed by atoms with Crippen LogP contribution in [0.4, 0.5) is 0 Å². The van der Waals surface area contributed by atoms with Crippen molar-refractivity contribution in [2.75, 3.05) is 0 Å². The predicted octanol–water partition coefficient (Wildman–Crippen LogP) is 3.35. The summed E-state index contributed by atoms with van der Waals surface area (Å²) in [5.41, 5.74) is 1.65. The molecule has 0 saturated carbocycles. The average molecular weight is 137 g/mol. The first kappa shape index (κ1) is 7.84. The van der Waals surface area contributed by atoms with Gasteiger partial charge in [0.05, 0.1) is 0 Å². The Bertz CT molecular complexity index is 122. The van der Waals surface area contributed by atoms with Crippen LogP contribution < -0.4 is 0 Å². The van der Waals surface area contributed by atoms with E-state index in [1.165, 1.54) is 25.7 Å². The van der Waals surface area contributed by atoms with Gasteiger partial charge in [-0.3, -0.25) is 0 Å². The summed E-state index contributed by atoms with van der Waals surface area (Å²) in [5, 5.41) is 0. The molecule has 0 heterocycles. The zero-order valence-corrected chi connectivity index (χ0v) is 6.90. The van der Waals surface area contributed by atoms with Crippen LogP contribution in [0.2, 0.25) is 0 Å². The molecule has 1 unspecified atom stereocenters. The maximum absolute atomic E-state index is 3.86. The van der Waals surface area contributed by atoms with Gasteiger partial charge in [0.15, 0.2) is 0 Å². The molecule has 0 fully saturated rings. The van der Waals surface area contributed by atoms with E-state index in [9.17, 15) is 0 Å². The minimum Gasteiger partial charge on any atom is -0.0851 e. The summed E-state index contributed by atoms with van der Waals surface area (Å²) >= 11 is 0. The van der Waals surface area contributed by atoms with Crippen LogP contribution in [0.25, 0.3) is 0 Å². The Morgan fingerprint density at radius 1 is 1.70 bits per heavy atom. The zero-order valence-electron chi connectivity index (χ0n) is 6.90. The highest BCUT2D eigenvalue weighted by Gasteiger charge is 2.08. The number of rotatable bonds is 2. The standard InChI is InChI=1S/C10H17/c1-3-4-10-7-5-9(2)6-8-10/h7,9H,1,3-6,8H2,2H3. The highest BCUT2D eigenvalue weighted by Crippen LogP contribution is 2.25. The van der Waals surface area contributed by atoms with Crippen molar-refractivity contribution in [2.24, 2.45) is 5.92 Å². The predicted molar refractivity (Wildman–Crippen MR) is 45.7 cm³/mol. The highest BCUT2D eigenvalue weighted by molar-refractivity contribution is 5.05. The first-order valence-corrected chi connectivity index (χ1v) is 4.30. The van der Waals surface area contributed by atoms with E-state index in [2.05, 4.69) is 19.9 Å². The van der Waals surface area contributed by atoms with Crippen LogP contribution in [0, 0.1) is 12.8 Å². The van der Waals surface area contributed by atoms with Crippen LogP contribution in [0.5, 0.6) is 0 Å². The lowest BCUT2D eigenvalue weighted by atomic mass is 9.89. The van der Waals surface area contributed by atoms with Gasteiger partial charge in [-0.05, 0) is 38.0 Å². The molecule has 0 aromatic carbocycles. The maximum atomic E-state index is 3.86. The van der Waals surface area contributed by atoms with E-state index >= 15 is 0 Å². The van der Waals surface area contributed by atoms with Crippen LogP contribution >= 0.6 is 0 Å². The van der Waals surface area contributed by atoms with Crippen molar-refractivity contribution in [1.29, 1.82) is 0 Å². The van der Waals surface area contributed by atoms with E-state index in [-0.39, 0.29) is 0 Å². The van der Waals surface area contributed by atoms with Crippen molar-refractivity contribution in [3.63, 3.8) is 0 Å². The summed E-state index contributed by atoms with van der Waals surface area (Å²) in [7, 11) is 0. The second-order valence-corrected chi connectivity index (χ2v) is 3.35. The summed E-state index contributed by atoms with van der Waals surface area (Å²) < 4.78 is 0. The van der Waals surface area contributed by atoms with Crippen LogP contribution in [-0.4, -0.2) is 0 Å². The topological polar surface area (TPSA) is 0 Å². The lowest BCUT2D eigenvalue weighted by molar-refractivity contribution is 0.506. The Morgan fingerprint density at radius 3 is 3.00 bits per heavy atom. The van der Waals surface area contributed by atoms with Crippen molar-refractivity contribution < 1.29 is 0 Å². The third-order valence-electron chi connectivity index (χ3n) is 2.27. The SMILES string of the molecule is [CH2]CCC1=CCC(C)CC1. The summed E-state index contributed by atoms with van der Waals surface area (Å²) in [6.45, 7) is 6.19. The molecule has 0 aromatic heterocycles. The monoisotopic (exact) mass is 137 g/mol. The van der Waals surface area contributed by atoms with E-state index in [1.807, 2.05) is 0 Å². The minimum absolute atomic E-state index is 0.925. The highest BCUT2D eigenvalue weighted by atomic mass is 14.1. The van der Waals surface area contributed by atoms with Crippen LogP contribution in [0.1, 0.15) is 39.0 Å². The minimum atomic E-state index is 0.925. The second-order valence-electron chi connectivity index (χ2n) is 3.35. The maximum Gasteiger partial charge on any atom is -0.0318 e. The summed E-state index contributed by atoms with van der Waals surface area (Å²) in [5.74, 6) is 0.925. The first-order chi connectivity index (χ1) is 4.83. The fourth-order valence-electron chi connectivity index (χ4n) is 1.47. The largest absolute Gasteiger partial charge is 0.0851 e. The first-order valence-electron chi connectivity index (χ1n) is 4.30. The molecular weight excluding hydrogens is 120 g/mol. The van der Waals surface area contributed by atoms with Gasteiger partial charge >= 0.3 is 0 Å². The lowest BCUT2D eigenvalue weighted by Crippen LogP contribution is -2.00. The van der Waals surface area contributed by atoms with Crippen molar-refractivity contribution in [3.05, 3.63) is 18.6 Å². The number of hydrogen-bond donors (Lipinski definition) is 0. The van der Waals surface area contributed by atoms with Crippen molar-refractivity contribution in [2.45, 2.75) is 39.0 Å². The third-order valence-corrected chi connectivity index (χ3v) is 2.27. The van der Waals surface area contributed by atoms with Crippen LogP contribution in [0.15, 0.2) is 11.6 Å². The van der Waals surface area contributed by atoms with E-state index in [0.29, 0.717) is 0 Å². The Balaban J connectivity index is 2.33. The van der Waals surface area contributed by atoms with Gasteiger partial charge in [0.1, 0.15) is 0 Å². The fourth-order valence-corrected chi connectivity index (χ4v) is 1.47. The molecule has 1 radical (unpaired) electrons. The van der Waals surface area contributed by atoms with Gasteiger partial charge in [-0.15, -0.1) is 0 Å². The Labute approximate surface area is 64.3 Å². The van der Waals surface area contributed by atoms with Crippen molar-refractivity contribution >= 4 is 0 Å². The van der Waals surface area contributed by atoms with Crippen LogP contribution in [-0.2, 0) is 0 Å². The lowest BCUT2D eigenvalue weighted by Gasteiger charge is -2.17. The Hall–Kier alpha value is -0.260. The van der Waals surface area contributed by atoms with Crippen molar-refractivity contribution in [3.8, 4) is 0 Å². The normalized spacial score (nSPS) is 26.2. The average Bonchev–Trinajstić information content (AvgIpc) is 1.95. The molecule has 1 aliphatic carbocycles.